The van der Waals surface area contributed by atoms with Gasteiger partial charge >= 0.3 is 0 Å². The molecule has 0 saturated carbocycles. The molecule has 0 spiro atoms. The van der Waals surface area contributed by atoms with Crippen LogP contribution in [0.4, 0.5) is 0 Å². The molecular weight excluding hydrogens is 526 g/mol. The van der Waals surface area contributed by atoms with Gasteiger partial charge in [0.1, 0.15) is 5.65 Å². The van der Waals surface area contributed by atoms with Crippen LogP contribution in [0.1, 0.15) is 0 Å². The molecule has 0 atom stereocenters. The average molecular weight is 550 g/mol. The van der Waals surface area contributed by atoms with Crippen LogP contribution in [0.2, 0.25) is 0 Å². The maximum atomic E-state index is 4.74. The summed E-state index contributed by atoms with van der Waals surface area (Å²) in [6, 6.07) is 41.5. The van der Waals surface area contributed by atoms with Crippen molar-refractivity contribution in [3.63, 3.8) is 0 Å². The molecule has 10 rings (SSSR count). The number of nitrogens with zero attached hydrogens (tertiary/aromatic N) is 5. The summed E-state index contributed by atoms with van der Waals surface area (Å²) in [5.41, 5.74) is 9.08. The third kappa shape index (κ3) is 2.95. The van der Waals surface area contributed by atoms with Crippen molar-refractivity contribution in [3.8, 4) is 11.4 Å². The summed E-state index contributed by atoms with van der Waals surface area (Å²) in [5.74, 6) is 0. The molecule has 0 amide bonds. The Morgan fingerprint density at radius 3 is 1.86 bits per heavy atom. The molecule has 0 unspecified atom stereocenters. The van der Waals surface area contributed by atoms with Crippen LogP contribution in [0, 0.1) is 0 Å². The van der Waals surface area contributed by atoms with Crippen molar-refractivity contribution < 1.29 is 0 Å². The third-order valence-electron chi connectivity index (χ3n) is 8.96. The fourth-order valence-corrected chi connectivity index (χ4v) is 7.19. The number of rotatable bonds is 2. The Labute approximate surface area is 245 Å². The number of hydrogen-bond donors (Lipinski definition) is 0. The molecule has 0 N–H and O–H groups in total. The van der Waals surface area contributed by atoms with E-state index in [1.165, 1.54) is 38.1 Å². The predicted octanol–water partition coefficient (Wildman–Crippen LogP) is 9.23. The highest BCUT2D eigenvalue weighted by Crippen LogP contribution is 2.43. The van der Waals surface area contributed by atoms with Crippen LogP contribution in [0.25, 0.3) is 82.3 Å². The minimum Gasteiger partial charge on any atom is -0.307 e. The SMILES string of the molecule is c1ccc(-n2c3ccccc3c3ccc4c5cc6c7cnccc7c7nccn7c6cc5n(-c5ccccc5)c4c32)cc1. The maximum Gasteiger partial charge on any atom is 0.145 e. The van der Waals surface area contributed by atoms with Crippen LogP contribution < -0.4 is 0 Å². The van der Waals surface area contributed by atoms with Crippen molar-refractivity contribution >= 4 is 70.9 Å². The Morgan fingerprint density at radius 1 is 0.442 bits per heavy atom. The summed E-state index contributed by atoms with van der Waals surface area (Å²) < 4.78 is 7.08. The molecule has 5 aromatic heterocycles. The predicted molar refractivity (Wildman–Crippen MR) is 177 cm³/mol. The molecule has 0 fully saturated rings. The Balaban J connectivity index is 1.50. The van der Waals surface area contributed by atoms with Crippen LogP contribution in [0.3, 0.4) is 0 Å². The summed E-state index contributed by atoms with van der Waals surface area (Å²) >= 11 is 0. The van der Waals surface area contributed by atoms with Gasteiger partial charge in [0.25, 0.3) is 0 Å². The molecular formula is C38H23N5. The van der Waals surface area contributed by atoms with Crippen LogP contribution in [-0.4, -0.2) is 23.5 Å². The van der Waals surface area contributed by atoms with E-state index >= 15 is 0 Å². The first-order valence-electron chi connectivity index (χ1n) is 14.5. The van der Waals surface area contributed by atoms with Crippen molar-refractivity contribution in [1.82, 2.24) is 23.5 Å². The van der Waals surface area contributed by atoms with E-state index < -0.39 is 0 Å². The van der Waals surface area contributed by atoms with Gasteiger partial charge in [0.15, 0.2) is 0 Å². The van der Waals surface area contributed by atoms with Gasteiger partial charge in [-0.3, -0.25) is 9.38 Å². The van der Waals surface area contributed by atoms with Crippen molar-refractivity contribution in [1.29, 1.82) is 0 Å². The molecule has 200 valence electrons. The smallest absolute Gasteiger partial charge is 0.145 e. The normalized spacial score (nSPS) is 12.2. The van der Waals surface area contributed by atoms with E-state index in [0.717, 1.165) is 44.2 Å². The van der Waals surface area contributed by atoms with Gasteiger partial charge in [-0.1, -0.05) is 66.7 Å². The van der Waals surface area contributed by atoms with Crippen LogP contribution >= 0.6 is 0 Å². The minimum atomic E-state index is 0.943. The Bertz CT molecular complexity index is 2710. The lowest BCUT2D eigenvalue weighted by molar-refractivity contribution is 1.15. The number of pyridine rings is 2. The highest BCUT2D eigenvalue weighted by Gasteiger charge is 2.22. The molecule has 5 heteroatoms. The van der Waals surface area contributed by atoms with Crippen molar-refractivity contribution in [2.75, 3.05) is 0 Å². The van der Waals surface area contributed by atoms with Crippen LogP contribution in [-0.2, 0) is 0 Å². The summed E-state index contributed by atoms with van der Waals surface area (Å²) in [7, 11) is 0. The van der Waals surface area contributed by atoms with Crippen LogP contribution in [0.15, 0.2) is 140 Å². The summed E-state index contributed by atoms with van der Waals surface area (Å²) in [6.45, 7) is 0. The second-order valence-electron chi connectivity index (χ2n) is 11.1. The van der Waals surface area contributed by atoms with Gasteiger partial charge in [0.05, 0.1) is 27.6 Å². The first-order valence-corrected chi connectivity index (χ1v) is 14.5. The lowest BCUT2D eigenvalue weighted by atomic mass is 10.0. The molecule has 10 aromatic rings. The topological polar surface area (TPSA) is 40.1 Å². The largest absolute Gasteiger partial charge is 0.307 e. The lowest BCUT2D eigenvalue weighted by Gasteiger charge is -2.13. The monoisotopic (exact) mass is 549 g/mol. The average Bonchev–Trinajstić information content (AvgIpc) is 3.78. The van der Waals surface area contributed by atoms with Gasteiger partial charge in [-0.25, -0.2) is 4.98 Å². The fourth-order valence-electron chi connectivity index (χ4n) is 7.19. The van der Waals surface area contributed by atoms with Gasteiger partial charge in [0, 0.05) is 73.9 Å². The van der Waals surface area contributed by atoms with E-state index in [-0.39, 0.29) is 0 Å². The number of fused-ring (bicyclic) bond motifs is 13. The zero-order valence-electron chi connectivity index (χ0n) is 23.0. The summed E-state index contributed by atoms with van der Waals surface area (Å²) in [6.07, 6.45) is 7.76. The molecule has 0 aliphatic heterocycles. The number of imidazole rings is 1. The molecule has 5 nitrogen and oxygen atoms in total. The molecule has 0 bridgehead atoms. The first kappa shape index (κ1) is 22.7. The highest BCUT2D eigenvalue weighted by molar-refractivity contribution is 6.26. The Hall–Kier alpha value is -5.94. The standard InChI is InChI=1S/C38H23N5/c1-3-9-24(10-4-1)42-33-14-8-7-13-26(33)27-15-16-28-30-21-31-32-23-39-18-17-29(32)38-40-19-20-41(38)34(31)22-35(30)43(37(28)36(27)42)25-11-5-2-6-12-25/h1-23H. The zero-order valence-corrected chi connectivity index (χ0v) is 23.0. The number of para-hydroxylation sites is 3. The van der Waals surface area contributed by atoms with Crippen LogP contribution in [0.5, 0.6) is 0 Å². The van der Waals surface area contributed by atoms with E-state index in [1.54, 1.807) is 0 Å². The van der Waals surface area contributed by atoms with E-state index in [4.69, 9.17) is 4.98 Å². The van der Waals surface area contributed by atoms with Gasteiger partial charge in [-0.2, -0.15) is 0 Å². The molecule has 0 aliphatic carbocycles. The fraction of sp³-hybridized carbons (Fsp3) is 0. The number of aromatic nitrogens is 5. The molecule has 0 saturated heterocycles. The number of benzene rings is 5. The Kier molecular flexibility index (Phi) is 4.39. The molecule has 43 heavy (non-hydrogen) atoms. The zero-order chi connectivity index (χ0) is 28.1. The summed E-state index contributed by atoms with van der Waals surface area (Å²) in [4.78, 5) is 9.25. The maximum absolute atomic E-state index is 4.74. The highest BCUT2D eigenvalue weighted by atomic mass is 15.0. The molecule has 5 aromatic carbocycles. The van der Waals surface area contributed by atoms with Gasteiger partial charge in [-0.15, -0.1) is 0 Å². The second-order valence-corrected chi connectivity index (χ2v) is 11.1. The lowest BCUT2D eigenvalue weighted by Crippen LogP contribution is -1.98. The van der Waals surface area contributed by atoms with E-state index in [1.807, 2.05) is 18.6 Å². The minimum absolute atomic E-state index is 0.943. The second kappa shape index (κ2) is 8.30. The van der Waals surface area contributed by atoms with Gasteiger partial charge < -0.3 is 9.13 Å². The van der Waals surface area contributed by atoms with E-state index in [2.05, 4.69) is 140 Å². The molecule has 0 aliphatic rings. The first-order chi connectivity index (χ1) is 21.4. The van der Waals surface area contributed by atoms with Gasteiger partial charge in [-0.05, 0) is 48.5 Å². The Morgan fingerprint density at radius 2 is 1.09 bits per heavy atom. The summed E-state index contributed by atoms with van der Waals surface area (Å²) in [5, 5.41) is 8.29. The quantitative estimate of drug-likeness (QED) is 0.202. The molecule has 5 heterocycles. The van der Waals surface area contributed by atoms with Crippen molar-refractivity contribution in [3.05, 3.63) is 140 Å². The van der Waals surface area contributed by atoms with Gasteiger partial charge in [0.2, 0.25) is 0 Å². The van der Waals surface area contributed by atoms with E-state index in [9.17, 15) is 0 Å². The van der Waals surface area contributed by atoms with Crippen molar-refractivity contribution in [2.45, 2.75) is 0 Å². The van der Waals surface area contributed by atoms with Crippen molar-refractivity contribution in [2.24, 2.45) is 0 Å². The third-order valence-corrected chi connectivity index (χ3v) is 8.96. The molecule has 0 radical (unpaired) electrons. The number of hydrogen-bond acceptors (Lipinski definition) is 2. The van der Waals surface area contributed by atoms with E-state index in [0.29, 0.717) is 0 Å².